The lowest BCUT2D eigenvalue weighted by Crippen LogP contribution is -2.21. The quantitative estimate of drug-likeness (QED) is 0.291. The van der Waals surface area contributed by atoms with Crippen LogP contribution in [0.25, 0.3) is 5.57 Å². The minimum absolute atomic E-state index is 0.0577. The molecule has 2 heterocycles. The summed E-state index contributed by atoms with van der Waals surface area (Å²) in [6.07, 6.45) is 5.18. The fourth-order valence-electron chi connectivity index (χ4n) is 3.86. The minimum Gasteiger partial charge on any atom is -0.317 e. The van der Waals surface area contributed by atoms with E-state index in [4.69, 9.17) is 4.99 Å². The average molecular weight is 470 g/mol. The summed E-state index contributed by atoms with van der Waals surface area (Å²) in [4.78, 5) is 34.0. The molecule has 2 unspecified atom stereocenters. The Morgan fingerprint density at radius 2 is 2.19 bits per heavy atom. The number of carbonyl (C=O) groups is 2. The molecule has 0 spiro atoms. The van der Waals surface area contributed by atoms with Crippen molar-refractivity contribution >= 4 is 51.7 Å². The van der Waals surface area contributed by atoms with Crippen molar-refractivity contribution in [1.82, 2.24) is 5.32 Å². The number of benzene rings is 1. The van der Waals surface area contributed by atoms with Gasteiger partial charge in [-0.1, -0.05) is 19.6 Å². The van der Waals surface area contributed by atoms with Gasteiger partial charge in [-0.3, -0.25) is 14.6 Å². The smallest absolute Gasteiger partial charge is 0.285 e. The van der Waals surface area contributed by atoms with Crippen molar-refractivity contribution in [2.45, 2.75) is 50.3 Å². The number of Topliss-reactive ketones (excluding diaryl/α,β-unsaturated/α-hetero) is 1. The summed E-state index contributed by atoms with van der Waals surface area (Å²) in [6.45, 7) is 11.6. The molecule has 1 N–H and O–H groups in total. The molecule has 0 radical (unpaired) electrons. The Hall–Kier alpha value is -1.92. The first kappa shape index (κ1) is 24.7. The van der Waals surface area contributed by atoms with Crippen LogP contribution in [0.4, 0.5) is 0 Å². The van der Waals surface area contributed by atoms with Crippen LogP contribution in [0.15, 0.2) is 41.3 Å². The molecule has 170 valence electrons. The minimum atomic E-state index is -0.423. The lowest BCUT2D eigenvalue weighted by atomic mass is 9.91. The molecule has 32 heavy (non-hydrogen) atoms. The standard InChI is InChI=1S/C25H31N3O2S2/c1-4-12-26-13-6-8-18-10-11-19(24(30)27-5-2)15-20(18)17(3)23(29)21-16-32-25(28-21)22-9-7-14-31-22/h10-11,15,21-22,26H,2-4,6-9,12-14,16H2,1H3. The first-order chi connectivity index (χ1) is 15.5. The number of hydrogen-bond acceptors (Lipinski definition) is 6. The topological polar surface area (TPSA) is 70.9 Å². The van der Waals surface area contributed by atoms with Gasteiger partial charge in [0.1, 0.15) is 6.04 Å². The summed E-state index contributed by atoms with van der Waals surface area (Å²) in [6, 6.07) is 5.00. The van der Waals surface area contributed by atoms with E-state index in [9.17, 15) is 9.59 Å². The zero-order chi connectivity index (χ0) is 22.9. The SMILES string of the molecule is C=C=NC(=O)c1ccc(CCCNCCC)c(C(=C)C(=O)C2CSC(C3CCCS3)=N2)c1. The Kier molecular flexibility index (Phi) is 9.54. The highest BCUT2D eigenvalue weighted by molar-refractivity contribution is 8.16. The number of aliphatic imine (C=N–C) groups is 2. The summed E-state index contributed by atoms with van der Waals surface area (Å²) in [7, 11) is 0. The van der Waals surface area contributed by atoms with Gasteiger partial charge >= 0.3 is 0 Å². The third kappa shape index (κ3) is 6.32. The predicted molar refractivity (Wildman–Crippen MR) is 139 cm³/mol. The van der Waals surface area contributed by atoms with Crippen molar-refractivity contribution < 1.29 is 9.59 Å². The van der Waals surface area contributed by atoms with Crippen molar-refractivity contribution in [3.05, 3.63) is 48.0 Å². The second kappa shape index (κ2) is 12.4. The molecule has 0 saturated carbocycles. The molecular weight excluding hydrogens is 438 g/mol. The normalized spacial score (nSPS) is 20.0. The number of hydrogen-bond donors (Lipinski definition) is 1. The Balaban J connectivity index is 1.79. The fraction of sp³-hybridized carbons (Fsp3) is 0.480. The lowest BCUT2D eigenvalue weighted by molar-refractivity contribution is -0.114. The fourth-order valence-corrected chi connectivity index (χ4v) is 6.48. The molecule has 2 aliphatic heterocycles. The van der Waals surface area contributed by atoms with E-state index >= 15 is 0 Å². The molecule has 0 aliphatic carbocycles. The molecule has 1 amide bonds. The van der Waals surface area contributed by atoms with Gasteiger partial charge in [-0.15, -0.1) is 11.8 Å². The molecule has 0 aromatic heterocycles. The van der Waals surface area contributed by atoms with Gasteiger partial charge in [0.15, 0.2) is 5.78 Å². The number of carbonyl (C=O) groups excluding carboxylic acids is 2. The van der Waals surface area contributed by atoms with Crippen LogP contribution in [0, 0.1) is 0 Å². The van der Waals surface area contributed by atoms with Crippen LogP contribution in [-0.2, 0) is 11.2 Å². The van der Waals surface area contributed by atoms with Gasteiger partial charge in [-0.2, -0.15) is 16.8 Å². The van der Waals surface area contributed by atoms with E-state index in [0.717, 1.165) is 54.9 Å². The van der Waals surface area contributed by atoms with Crippen LogP contribution in [0.1, 0.15) is 54.1 Å². The van der Waals surface area contributed by atoms with Crippen molar-refractivity contribution in [3.63, 3.8) is 0 Å². The second-order valence-corrected chi connectivity index (χ2v) is 10.3. The molecule has 2 atom stereocenters. The van der Waals surface area contributed by atoms with E-state index in [1.165, 1.54) is 12.2 Å². The first-order valence-electron chi connectivity index (χ1n) is 11.2. The maximum Gasteiger partial charge on any atom is 0.285 e. The summed E-state index contributed by atoms with van der Waals surface area (Å²) in [5, 5.41) is 4.94. The van der Waals surface area contributed by atoms with Gasteiger partial charge in [0, 0.05) is 16.9 Å². The van der Waals surface area contributed by atoms with Crippen LogP contribution < -0.4 is 5.32 Å². The summed E-state index contributed by atoms with van der Waals surface area (Å²) in [5.41, 5.74) is 2.57. The molecule has 7 heteroatoms. The number of ketones is 1. The average Bonchev–Trinajstić information content (AvgIpc) is 3.50. The summed E-state index contributed by atoms with van der Waals surface area (Å²) >= 11 is 3.64. The maximum atomic E-state index is 13.3. The van der Waals surface area contributed by atoms with Crippen molar-refractivity contribution in [2.75, 3.05) is 24.6 Å². The van der Waals surface area contributed by atoms with E-state index in [1.807, 2.05) is 17.8 Å². The lowest BCUT2D eigenvalue weighted by Gasteiger charge is -2.15. The van der Waals surface area contributed by atoms with Gasteiger partial charge < -0.3 is 5.32 Å². The molecule has 1 aromatic rings. The molecule has 0 bridgehead atoms. The van der Waals surface area contributed by atoms with Gasteiger partial charge in [-0.25, -0.2) is 0 Å². The zero-order valence-electron chi connectivity index (χ0n) is 18.7. The Labute approximate surface area is 199 Å². The summed E-state index contributed by atoms with van der Waals surface area (Å²) in [5.74, 6) is 3.64. The van der Waals surface area contributed by atoms with Crippen LogP contribution in [0.2, 0.25) is 0 Å². The predicted octanol–water partition coefficient (Wildman–Crippen LogP) is 4.61. The van der Waals surface area contributed by atoms with Crippen LogP contribution in [-0.4, -0.2) is 58.5 Å². The highest BCUT2D eigenvalue weighted by Gasteiger charge is 2.32. The number of thioether (sulfide) groups is 2. The molecule has 1 aromatic carbocycles. The molecule has 5 nitrogen and oxygen atoms in total. The van der Waals surface area contributed by atoms with E-state index < -0.39 is 11.9 Å². The number of nitrogens with one attached hydrogen (secondary N) is 1. The van der Waals surface area contributed by atoms with Crippen LogP contribution >= 0.6 is 23.5 Å². The molecule has 1 saturated heterocycles. The monoisotopic (exact) mass is 469 g/mol. The highest BCUT2D eigenvalue weighted by Crippen LogP contribution is 2.35. The van der Waals surface area contributed by atoms with E-state index in [0.29, 0.717) is 22.1 Å². The summed E-state index contributed by atoms with van der Waals surface area (Å²) < 4.78 is 0. The zero-order valence-corrected chi connectivity index (χ0v) is 20.3. The number of rotatable bonds is 11. The molecule has 1 fully saturated rings. The third-order valence-electron chi connectivity index (χ3n) is 5.57. The van der Waals surface area contributed by atoms with Crippen molar-refractivity contribution in [1.29, 1.82) is 0 Å². The van der Waals surface area contributed by atoms with Crippen molar-refractivity contribution in [3.8, 4) is 0 Å². The number of amides is 1. The van der Waals surface area contributed by atoms with Crippen LogP contribution in [0.3, 0.4) is 0 Å². The van der Waals surface area contributed by atoms with E-state index in [2.05, 4.69) is 36.3 Å². The van der Waals surface area contributed by atoms with Gasteiger partial charge in [0.25, 0.3) is 5.91 Å². The first-order valence-corrected chi connectivity index (χ1v) is 13.2. The largest absolute Gasteiger partial charge is 0.317 e. The van der Waals surface area contributed by atoms with Gasteiger partial charge in [0.05, 0.1) is 10.3 Å². The molecule has 3 rings (SSSR count). The number of aryl methyl sites for hydroxylation is 1. The second-order valence-electron chi connectivity index (χ2n) is 7.94. The molecular formula is C25H31N3O2S2. The van der Waals surface area contributed by atoms with E-state index in [-0.39, 0.29) is 5.78 Å². The Morgan fingerprint density at radius 1 is 1.34 bits per heavy atom. The molecule has 2 aliphatic rings. The van der Waals surface area contributed by atoms with Gasteiger partial charge in [-0.05, 0) is 86.7 Å². The highest BCUT2D eigenvalue weighted by atomic mass is 32.2. The van der Waals surface area contributed by atoms with E-state index in [1.54, 1.807) is 23.9 Å². The number of nitrogens with zero attached hydrogens (tertiary/aromatic N) is 2. The Bertz CT molecular complexity index is 945. The van der Waals surface area contributed by atoms with Crippen molar-refractivity contribution in [2.24, 2.45) is 9.98 Å². The van der Waals surface area contributed by atoms with Gasteiger partial charge in [0.2, 0.25) is 0 Å². The third-order valence-corrected chi connectivity index (χ3v) is 8.27. The Morgan fingerprint density at radius 3 is 2.91 bits per heavy atom. The maximum absolute atomic E-state index is 13.3. The van der Waals surface area contributed by atoms with Crippen LogP contribution in [0.5, 0.6) is 0 Å².